The lowest BCUT2D eigenvalue weighted by molar-refractivity contribution is -0.127. The summed E-state index contributed by atoms with van der Waals surface area (Å²) in [7, 11) is 0.0478. The van der Waals surface area contributed by atoms with Crippen molar-refractivity contribution < 1.29 is 18.0 Å². The Bertz CT molecular complexity index is 609. The Hall–Kier alpha value is -1.89. The number of amides is 2. The van der Waals surface area contributed by atoms with Gasteiger partial charge in [-0.05, 0) is 17.7 Å². The minimum atomic E-state index is -3.15. The van der Waals surface area contributed by atoms with Gasteiger partial charge in [0, 0.05) is 25.9 Å². The molecule has 0 spiro atoms. The molecule has 1 N–H and O–H groups in total. The highest BCUT2D eigenvalue weighted by atomic mass is 32.2. The fourth-order valence-electron chi connectivity index (χ4n) is 1.52. The highest BCUT2D eigenvalue weighted by Crippen LogP contribution is 2.08. The van der Waals surface area contributed by atoms with Crippen molar-refractivity contribution in [3.8, 4) is 0 Å². The van der Waals surface area contributed by atoms with E-state index in [1.807, 2.05) is 0 Å². The minimum Gasteiger partial charge on any atom is -0.347 e. The fraction of sp³-hybridized carbons (Fsp3) is 0.385. The number of hydrogen-bond donors (Lipinski definition) is 1. The van der Waals surface area contributed by atoms with Crippen molar-refractivity contribution in [2.75, 3.05) is 26.9 Å². The van der Waals surface area contributed by atoms with E-state index in [1.54, 1.807) is 32.3 Å². The summed E-state index contributed by atoms with van der Waals surface area (Å²) in [6.07, 6.45) is 1.13. The molecule has 6 nitrogen and oxygen atoms in total. The summed E-state index contributed by atoms with van der Waals surface area (Å²) < 4.78 is 22.4. The molecule has 0 bridgehead atoms. The summed E-state index contributed by atoms with van der Waals surface area (Å²) >= 11 is 0. The first kappa shape index (κ1) is 16.2. The van der Waals surface area contributed by atoms with Crippen LogP contribution in [0.2, 0.25) is 0 Å². The predicted molar refractivity (Wildman–Crippen MR) is 76.0 cm³/mol. The third-order valence-electron chi connectivity index (χ3n) is 2.52. The van der Waals surface area contributed by atoms with Crippen molar-refractivity contribution in [3.63, 3.8) is 0 Å². The Kier molecular flexibility index (Phi) is 5.26. The predicted octanol–water partition coefficient (Wildman–Crippen LogP) is 0.0492. The van der Waals surface area contributed by atoms with Crippen LogP contribution >= 0.6 is 0 Å². The van der Waals surface area contributed by atoms with Crippen molar-refractivity contribution in [3.05, 3.63) is 35.4 Å². The maximum absolute atomic E-state index is 11.9. The van der Waals surface area contributed by atoms with E-state index in [-0.39, 0.29) is 18.2 Å². The first-order chi connectivity index (χ1) is 9.19. The Morgan fingerprint density at radius 2 is 1.90 bits per heavy atom. The Balaban J connectivity index is 2.74. The molecule has 1 aromatic rings. The number of nitrogens with zero attached hydrogens (tertiary/aromatic N) is 1. The molecule has 0 saturated carbocycles. The molecule has 0 heterocycles. The highest BCUT2D eigenvalue weighted by Gasteiger charge is 2.11. The second-order valence-corrected chi connectivity index (χ2v) is 6.88. The van der Waals surface area contributed by atoms with Crippen LogP contribution in [0.3, 0.4) is 0 Å². The molecule has 0 fully saturated rings. The van der Waals surface area contributed by atoms with Gasteiger partial charge in [-0.2, -0.15) is 0 Å². The van der Waals surface area contributed by atoms with Gasteiger partial charge in [0.15, 0.2) is 9.84 Å². The van der Waals surface area contributed by atoms with Gasteiger partial charge in [-0.25, -0.2) is 8.42 Å². The lowest BCUT2D eigenvalue weighted by Gasteiger charge is -2.11. The van der Waals surface area contributed by atoms with Gasteiger partial charge in [-0.15, -0.1) is 0 Å². The third kappa shape index (κ3) is 5.40. The zero-order chi connectivity index (χ0) is 15.3. The number of carbonyl (C=O) groups excluding carboxylic acids is 2. The van der Waals surface area contributed by atoms with Crippen LogP contribution in [0, 0.1) is 0 Å². The van der Waals surface area contributed by atoms with Gasteiger partial charge < -0.3 is 10.2 Å². The van der Waals surface area contributed by atoms with E-state index in [0.717, 1.165) is 6.26 Å². The minimum absolute atomic E-state index is 0.0951. The molecule has 0 radical (unpaired) electrons. The Morgan fingerprint density at radius 1 is 1.25 bits per heavy atom. The smallest absolute Gasteiger partial charge is 0.251 e. The van der Waals surface area contributed by atoms with Gasteiger partial charge in [-0.3, -0.25) is 9.59 Å². The van der Waals surface area contributed by atoms with Gasteiger partial charge in [0.05, 0.1) is 12.3 Å². The summed E-state index contributed by atoms with van der Waals surface area (Å²) in [5, 5.41) is 2.49. The number of nitrogens with one attached hydrogen (secondary N) is 1. The van der Waals surface area contributed by atoms with Crippen molar-refractivity contribution >= 4 is 21.7 Å². The van der Waals surface area contributed by atoms with Gasteiger partial charge >= 0.3 is 0 Å². The number of benzene rings is 1. The standard InChI is InChI=1S/C13H18N2O4S/c1-15(2)12(16)8-14-13(17)11-6-4-5-10(7-11)9-20(3,18)19/h4-7H,8-9H2,1-3H3,(H,14,17). The van der Waals surface area contributed by atoms with Crippen LogP contribution in [-0.4, -0.2) is 52.0 Å². The maximum atomic E-state index is 11.9. The summed E-state index contributed by atoms with van der Waals surface area (Å²) in [6.45, 7) is -0.0951. The highest BCUT2D eigenvalue weighted by molar-refractivity contribution is 7.89. The SMILES string of the molecule is CN(C)C(=O)CNC(=O)c1cccc(CS(C)(=O)=O)c1. The van der Waals surface area contributed by atoms with E-state index >= 15 is 0 Å². The summed E-state index contributed by atoms with van der Waals surface area (Å²) in [6, 6.07) is 6.34. The van der Waals surface area contributed by atoms with Crippen molar-refractivity contribution in [1.29, 1.82) is 0 Å². The van der Waals surface area contributed by atoms with E-state index in [1.165, 1.54) is 11.0 Å². The fourth-order valence-corrected chi connectivity index (χ4v) is 2.31. The normalized spacial score (nSPS) is 10.9. The van der Waals surface area contributed by atoms with Gasteiger partial charge in [0.2, 0.25) is 5.91 Å². The molecule has 20 heavy (non-hydrogen) atoms. The molecule has 0 aliphatic heterocycles. The first-order valence-electron chi connectivity index (χ1n) is 5.94. The molecule has 1 aromatic carbocycles. The summed E-state index contributed by atoms with van der Waals surface area (Å²) in [4.78, 5) is 24.6. The molecule has 7 heteroatoms. The molecular formula is C13H18N2O4S. The molecule has 0 aromatic heterocycles. The Morgan fingerprint density at radius 3 is 2.45 bits per heavy atom. The van der Waals surface area contributed by atoms with E-state index in [4.69, 9.17) is 0 Å². The number of sulfone groups is 1. The number of likely N-dealkylation sites (N-methyl/N-ethyl adjacent to an activating group) is 1. The molecule has 0 saturated heterocycles. The lowest BCUT2D eigenvalue weighted by atomic mass is 10.1. The maximum Gasteiger partial charge on any atom is 0.251 e. The van der Waals surface area contributed by atoms with Crippen LogP contribution in [0.4, 0.5) is 0 Å². The van der Waals surface area contributed by atoms with E-state index < -0.39 is 15.7 Å². The van der Waals surface area contributed by atoms with Crippen molar-refractivity contribution in [2.24, 2.45) is 0 Å². The summed E-state index contributed by atoms with van der Waals surface area (Å²) in [5.74, 6) is -0.744. The van der Waals surface area contributed by atoms with Gasteiger partial charge in [0.1, 0.15) is 0 Å². The monoisotopic (exact) mass is 298 g/mol. The average Bonchev–Trinajstić information content (AvgIpc) is 2.33. The summed E-state index contributed by atoms with van der Waals surface area (Å²) in [5.41, 5.74) is 0.872. The van der Waals surface area contributed by atoms with Crippen LogP contribution in [0.1, 0.15) is 15.9 Å². The second-order valence-electron chi connectivity index (χ2n) is 4.74. The van der Waals surface area contributed by atoms with Crippen LogP contribution in [-0.2, 0) is 20.4 Å². The molecule has 0 aliphatic rings. The molecule has 0 aliphatic carbocycles. The topological polar surface area (TPSA) is 83.6 Å². The van der Waals surface area contributed by atoms with E-state index in [0.29, 0.717) is 11.1 Å². The quantitative estimate of drug-likeness (QED) is 0.832. The van der Waals surface area contributed by atoms with E-state index in [9.17, 15) is 18.0 Å². The van der Waals surface area contributed by atoms with Gasteiger partial charge in [0.25, 0.3) is 5.91 Å². The van der Waals surface area contributed by atoms with E-state index in [2.05, 4.69) is 5.32 Å². The molecule has 110 valence electrons. The lowest BCUT2D eigenvalue weighted by Crippen LogP contribution is -2.36. The number of rotatable bonds is 5. The molecule has 2 amide bonds. The zero-order valence-corrected chi connectivity index (χ0v) is 12.5. The van der Waals surface area contributed by atoms with Crippen LogP contribution in [0.25, 0.3) is 0 Å². The van der Waals surface area contributed by atoms with Crippen LogP contribution in [0.5, 0.6) is 0 Å². The van der Waals surface area contributed by atoms with Crippen molar-refractivity contribution in [2.45, 2.75) is 5.75 Å². The molecule has 0 unspecified atom stereocenters. The third-order valence-corrected chi connectivity index (χ3v) is 3.37. The number of carbonyl (C=O) groups is 2. The van der Waals surface area contributed by atoms with Crippen molar-refractivity contribution in [1.82, 2.24) is 10.2 Å². The largest absolute Gasteiger partial charge is 0.347 e. The zero-order valence-electron chi connectivity index (χ0n) is 11.7. The Labute approximate surface area is 118 Å². The van der Waals surface area contributed by atoms with Gasteiger partial charge in [-0.1, -0.05) is 12.1 Å². The first-order valence-corrected chi connectivity index (χ1v) is 8.00. The second kappa shape index (κ2) is 6.51. The molecule has 1 rings (SSSR count). The van der Waals surface area contributed by atoms with Crippen LogP contribution < -0.4 is 5.32 Å². The molecular weight excluding hydrogens is 280 g/mol. The number of hydrogen-bond acceptors (Lipinski definition) is 4. The average molecular weight is 298 g/mol. The molecule has 0 atom stereocenters. The van der Waals surface area contributed by atoms with Crippen LogP contribution in [0.15, 0.2) is 24.3 Å².